The molecule has 0 bridgehead atoms. The monoisotopic (exact) mass is 376 g/mol. The van der Waals surface area contributed by atoms with Gasteiger partial charge in [0.05, 0.1) is 5.56 Å². The molecule has 1 aliphatic heterocycles. The SMILES string of the molecule is C[C@@H]1C(=O)N(Cc2ccccc2)CC(=O)N1Cc1ccc(C(F)(F)F)cc1. The molecule has 1 fully saturated rings. The Kier molecular flexibility index (Phi) is 5.21. The predicted octanol–water partition coefficient (Wildman–Crippen LogP) is 3.46. The number of amides is 2. The number of alkyl halides is 3. The van der Waals surface area contributed by atoms with E-state index in [4.69, 9.17) is 0 Å². The van der Waals surface area contributed by atoms with Crippen LogP contribution in [-0.4, -0.2) is 34.2 Å². The molecule has 2 aromatic carbocycles. The van der Waals surface area contributed by atoms with Crippen molar-refractivity contribution in [2.45, 2.75) is 32.2 Å². The van der Waals surface area contributed by atoms with E-state index >= 15 is 0 Å². The van der Waals surface area contributed by atoms with Crippen LogP contribution in [0.4, 0.5) is 13.2 Å². The normalized spacial score (nSPS) is 18.1. The summed E-state index contributed by atoms with van der Waals surface area (Å²) in [5, 5.41) is 0. The van der Waals surface area contributed by atoms with Gasteiger partial charge in [-0.15, -0.1) is 0 Å². The maximum absolute atomic E-state index is 12.7. The Hall–Kier alpha value is -2.83. The topological polar surface area (TPSA) is 40.6 Å². The first-order valence-corrected chi connectivity index (χ1v) is 8.54. The van der Waals surface area contributed by atoms with Crippen molar-refractivity contribution in [2.75, 3.05) is 6.54 Å². The molecule has 0 spiro atoms. The molecule has 4 nitrogen and oxygen atoms in total. The largest absolute Gasteiger partial charge is 0.416 e. The molecule has 2 aromatic rings. The zero-order valence-corrected chi connectivity index (χ0v) is 14.7. The zero-order valence-electron chi connectivity index (χ0n) is 14.7. The first-order valence-electron chi connectivity index (χ1n) is 8.54. The van der Waals surface area contributed by atoms with Crippen LogP contribution in [0, 0.1) is 0 Å². The van der Waals surface area contributed by atoms with Gasteiger partial charge in [-0.2, -0.15) is 13.2 Å². The summed E-state index contributed by atoms with van der Waals surface area (Å²) in [4.78, 5) is 28.1. The molecule has 142 valence electrons. The Morgan fingerprint density at radius 1 is 0.926 bits per heavy atom. The third-order valence-corrected chi connectivity index (χ3v) is 4.63. The summed E-state index contributed by atoms with van der Waals surface area (Å²) in [6, 6.07) is 13.4. The first-order chi connectivity index (χ1) is 12.8. The molecule has 0 unspecified atom stereocenters. The van der Waals surface area contributed by atoms with Gasteiger partial charge in [0, 0.05) is 13.1 Å². The molecule has 3 rings (SSSR count). The lowest BCUT2D eigenvalue weighted by Crippen LogP contribution is -2.57. The Labute approximate surface area is 155 Å². The van der Waals surface area contributed by atoms with E-state index in [1.54, 1.807) is 6.92 Å². The highest BCUT2D eigenvalue weighted by molar-refractivity contribution is 5.94. The maximum Gasteiger partial charge on any atom is 0.416 e. The lowest BCUT2D eigenvalue weighted by molar-refractivity contribution is -0.156. The molecule has 7 heteroatoms. The van der Waals surface area contributed by atoms with E-state index in [9.17, 15) is 22.8 Å². The van der Waals surface area contributed by atoms with E-state index in [2.05, 4.69) is 0 Å². The van der Waals surface area contributed by atoms with Gasteiger partial charge in [0.2, 0.25) is 11.8 Å². The molecular formula is C20H19F3N2O2. The minimum atomic E-state index is -4.40. The van der Waals surface area contributed by atoms with Crippen LogP contribution in [0.5, 0.6) is 0 Å². The summed E-state index contributed by atoms with van der Waals surface area (Å²) in [6.07, 6.45) is -4.40. The van der Waals surface area contributed by atoms with Crippen LogP contribution in [0.2, 0.25) is 0 Å². The fourth-order valence-electron chi connectivity index (χ4n) is 3.10. The molecule has 0 N–H and O–H groups in total. The number of benzene rings is 2. The minimum absolute atomic E-state index is 0.0430. The van der Waals surface area contributed by atoms with Crippen molar-refractivity contribution in [3.8, 4) is 0 Å². The van der Waals surface area contributed by atoms with Crippen LogP contribution in [0.25, 0.3) is 0 Å². The summed E-state index contributed by atoms with van der Waals surface area (Å²) < 4.78 is 38.0. The molecule has 1 heterocycles. The lowest BCUT2D eigenvalue weighted by atomic mass is 10.1. The van der Waals surface area contributed by atoms with Crippen molar-refractivity contribution < 1.29 is 22.8 Å². The van der Waals surface area contributed by atoms with Crippen molar-refractivity contribution in [3.63, 3.8) is 0 Å². The van der Waals surface area contributed by atoms with Crippen molar-refractivity contribution in [1.29, 1.82) is 0 Å². The van der Waals surface area contributed by atoms with Gasteiger partial charge in [0.15, 0.2) is 0 Å². The third-order valence-electron chi connectivity index (χ3n) is 4.63. The smallest absolute Gasteiger partial charge is 0.327 e. The highest BCUT2D eigenvalue weighted by Crippen LogP contribution is 2.29. The van der Waals surface area contributed by atoms with E-state index in [0.29, 0.717) is 12.1 Å². The second-order valence-electron chi connectivity index (χ2n) is 6.57. The Morgan fingerprint density at radius 3 is 2.11 bits per heavy atom. The number of carbonyl (C=O) groups excluding carboxylic acids is 2. The summed E-state index contributed by atoms with van der Waals surface area (Å²) in [5.74, 6) is -0.400. The van der Waals surface area contributed by atoms with Gasteiger partial charge in [-0.05, 0) is 30.2 Å². The molecule has 1 atom stereocenters. The number of hydrogen-bond acceptors (Lipinski definition) is 2. The predicted molar refractivity (Wildman–Crippen MR) is 93.3 cm³/mol. The van der Waals surface area contributed by atoms with Crippen molar-refractivity contribution >= 4 is 11.8 Å². The fraction of sp³-hybridized carbons (Fsp3) is 0.300. The molecule has 2 amide bonds. The van der Waals surface area contributed by atoms with Gasteiger partial charge in [-0.25, -0.2) is 0 Å². The number of carbonyl (C=O) groups is 2. The molecule has 0 aromatic heterocycles. The number of halogens is 3. The molecular weight excluding hydrogens is 357 g/mol. The molecule has 1 aliphatic rings. The van der Waals surface area contributed by atoms with Crippen LogP contribution < -0.4 is 0 Å². The number of rotatable bonds is 4. The third kappa shape index (κ3) is 4.30. The quantitative estimate of drug-likeness (QED) is 0.820. The average molecular weight is 376 g/mol. The number of piperazine rings is 1. The van der Waals surface area contributed by atoms with Gasteiger partial charge >= 0.3 is 6.18 Å². The molecule has 0 radical (unpaired) electrons. The van der Waals surface area contributed by atoms with E-state index < -0.39 is 17.8 Å². The average Bonchev–Trinajstić information content (AvgIpc) is 2.64. The second kappa shape index (κ2) is 7.42. The Morgan fingerprint density at radius 2 is 1.52 bits per heavy atom. The van der Waals surface area contributed by atoms with Crippen LogP contribution >= 0.6 is 0 Å². The summed E-state index contributed by atoms with van der Waals surface area (Å²) in [5.41, 5.74) is 0.740. The fourth-order valence-corrected chi connectivity index (χ4v) is 3.10. The number of hydrogen-bond donors (Lipinski definition) is 0. The maximum atomic E-state index is 12.7. The van der Waals surface area contributed by atoms with E-state index in [-0.39, 0.29) is 24.9 Å². The lowest BCUT2D eigenvalue weighted by Gasteiger charge is -2.39. The zero-order chi connectivity index (χ0) is 19.6. The van der Waals surface area contributed by atoms with Gasteiger partial charge in [-0.1, -0.05) is 42.5 Å². The van der Waals surface area contributed by atoms with Crippen LogP contribution in [0.3, 0.4) is 0 Å². The summed E-state index contributed by atoms with van der Waals surface area (Å²) >= 11 is 0. The van der Waals surface area contributed by atoms with Gasteiger partial charge in [0.1, 0.15) is 12.6 Å². The standard InChI is InChI=1S/C20H19F3N2O2/c1-14-19(27)24(11-15-5-3-2-4-6-15)13-18(26)25(14)12-16-7-9-17(10-8-16)20(21,22)23/h2-10,14H,11-13H2,1H3/t14-/m1/s1. The molecule has 0 saturated carbocycles. The Balaban J connectivity index is 1.69. The van der Waals surface area contributed by atoms with E-state index in [1.807, 2.05) is 30.3 Å². The number of nitrogens with zero attached hydrogens (tertiary/aromatic N) is 2. The van der Waals surface area contributed by atoms with Gasteiger partial charge in [-0.3, -0.25) is 9.59 Å². The summed E-state index contributed by atoms with van der Waals surface area (Å²) in [6.45, 7) is 2.05. The van der Waals surface area contributed by atoms with Gasteiger partial charge < -0.3 is 9.80 Å². The highest BCUT2D eigenvalue weighted by Gasteiger charge is 2.36. The van der Waals surface area contributed by atoms with Crippen LogP contribution in [0.15, 0.2) is 54.6 Å². The van der Waals surface area contributed by atoms with Crippen LogP contribution in [-0.2, 0) is 28.9 Å². The Bertz CT molecular complexity index is 819. The highest BCUT2D eigenvalue weighted by atomic mass is 19.4. The first kappa shape index (κ1) is 18.9. The minimum Gasteiger partial charge on any atom is -0.327 e. The van der Waals surface area contributed by atoms with Gasteiger partial charge in [0.25, 0.3) is 0 Å². The van der Waals surface area contributed by atoms with E-state index in [1.165, 1.54) is 21.9 Å². The van der Waals surface area contributed by atoms with Crippen molar-refractivity contribution in [2.24, 2.45) is 0 Å². The molecule has 0 aliphatic carbocycles. The molecule has 1 saturated heterocycles. The van der Waals surface area contributed by atoms with E-state index in [0.717, 1.165) is 17.7 Å². The van der Waals surface area contributed by atoms with Crippen LogP contribution in [0.1, 0.15) is 23.6 Å². The second-order valence-corrected chi connectivity index (χ2v) is 6.57. The summed E-state index contributed by atoms with van der Waals surface area (Å²) in [7, 11) is 0. The molecule has 27 heavy (non-hydrogen) atoms. The van der Waals surface area contributed by atoms with Crippen molar-refractivity contribution in [1.82, 2.24) is 9.80 Å². The van der Waals surface area contributed by atoms with Crippen molar-refractivity contribution in [3.05, 3.63) is 71.3 Å².